The minimum absolute atomic E-state index is 0.0162. The van der Waals surface area contributed by atoms with Crippen LogP contribution in [0.25, 0.3) is 11.1 Å². The monoisotopic (exact) mass is 375 g/mol. The number of fused-ring (bicyclic) bond motifs is 3. The highest BCUT2D eigenvalue weighted by Gasteiger charge is 2.29. The van der Waals surface area contributed by atoms with Gasteiger partial charge in [-0.2, -0.15) is 0 Å². The lowest BCUT2D eigenvalue weighted by atomic mass is 9.98. The number of aromatic nitrogens is 1. The number of hydrogen-bond acceptors (Lipinski definition) is 6. The van der Waals surface area contributed by atoms with E-state index in [1.54, 1.807) is 0 Å². The molecule has 4 rings (SSSR count). The Morgan fingerprint density at radius 2 is 1.61 bits per heavy atom. The molecule has 4 N–H and O–H groups in total. The highest BCUT2D eigenvalue weighted by atomic mass is 16.5. The largest absolute Gasteiger partial charge is 0.478 e. The number of rotatable bonds is 5. The van der Waals surface area contributed by atoms with Crippen molar-refractivity contribution in [1.29, 1.82) is 0 Å². The van der Waals surface area contributed by atoms with E-state index in [-0.39, 0.29) is 29.6 Å². The van der Waals surface area contributed by atoms with E-state index >= 15 is 0 Å². The minimum atomic E-state index is -1.19. The molecule has 0 amide bonds. The number of anilines is 1. The molecule has 0 atom stereocenters. The molecule has 7 heteroatoms. The van der Waals surface area contributed by atoms with Gasteiger partial charge in [-0.3, -0.25) is 0 Å². The second kappa shape index (κ2) is 7.13. The molecular formula is C21H17N3O4. The normalized spacial score (nSPS) is 12.2. The number of nitrogens with two attached hydrogens (primary N) is 1. The molecule has 0 bridgehead atoms. The number of carbonyl (C=O) groups excluding carboxylic acids is 1. The molecule has 0 radical (unpaired) electrons. The maximum absolute atomic E-state index is 12.5. The van der Waals surface area contributed by atoms with E-state index in [0.717, 1.165) is 22.3 Å². The first-order chi connectivity index (χ1) is 13.6. The van der Waals surface area contributed by atoms with Gasteiger partial charge in [0.05, 0.1) is 0 Å². The number of ether oxygens (including phenoxy) is 1. The number of pyridine rings is 1. The van der Waals surface area contributed by atoms with Crippen LogP contribution in [0.1, 0.15) is 37.9 Å². The first-order valence-electron chi connectivity index (χ1n) is 8.66. The number of hydrazine groups is 1. The summed E-state index contributed by atoms with van der Waals surface area (Å²) in [6.07, 6.45) is 0. The molecule has 1 heterocycles. The Bertz CT molecular complexity index is 1040. The number of hydrogen-bond donors (Lipinski definition) is 3. The third kappa shape index (κ3) is 2.97. The van der Waals surface area contributed by atoms with Gasteiger partial charge in [0.1, 0.15) is 12.2 Å². The summed E-state index contributed by atoms with van der Waals surface area (Å²) < 4.78 is 5.51. The van der Waals surface area contributed by atoms with Gasteiger partial charge in [0.2, 0.25) is 0 Å². The fraction of sp³-hybridized carbons (Fsp3) is 0.0952. The maximum atomic E-state index is 12.5. The van der Waals surface area contributed by atoms with E-state index < -0.39 is 11.9 Å². The Morgan fingerprint density at radius 3 is 2.18 bits per heavy atom. The van der Waals surface area contributed by atoms with Gasteiger partial charge in [0, 0.05) is 5.92 Å². The van der Waals surface area contributed by atoms with Crippen LogP contribution in [0, 0.1) is 0 Å². The lowest BCUT2D eigenvalue weighted by Gasteiger charge is -2.14. The van der Waals surface area contributed by atoms with E-state index in [1.165, 1.54) is 12.1 Å². The summed E-state index contributed by atoms with van der Waals surface area (Å²) >= 11 is 0. The average Bonchev–Trinajstić information content (AvgIpc) is 3.05. The zero-order valence-electron chi connectivity index (χ0n) is 14.8. The van der Waals surface area contributed by atoms with Crippen molar-refractivity contribution in [3.63, 3.8) is 0 Å². The van der Waals surface area contributed by atoms with Crippen LogP contribution in [-0.2, 0) is 4.74 Å². The molecule has 0 spiro atoms. The number of nitrogen functional groups attached to an aromatic ring is 1. The van der Waals surface area contributed by atoms with Crippen molar-refractivity contribution in [2.24, 2.45) is 5.84 Å². The number of aromatic carboxylic acids is 1. The van der Waals surface area contributed by atoms with Crippen LogP contribution in [-0.4, -0.2) is 28.6 Å². The zero-order chi connectivity index (χ0) is 19.7. The molecule has 140 valence electrons. The molecule has 1 aromatic heterocycles. The fourth-order valence-corrected chi connectivity index (χ4v) is 3.53. The molecule has 0 saturated heterocycles. The van der Waals surface area contributed by atoms with Crippen LogP contribution in [0.3, 0.4) is 0 Å². The molecule has 1 aliphatic rings. The topological polar surface area (TPSA) is 115 Å². The van der Waals surface area contributed by atoms with Crippen molar-refractivity contribution >= 4 is 17.8 Å². The van der Waals surface area contributed by atoms with Crippen LogP contribution in [0.5, 0.6) is 0 Å². The summed E-state index contributed by atoms with van der Waals surface area (Å²) in [5.74, 6) is 3.30. The first-order valence-corrected chi connectivity index (χ1v) is 8.66. The third-order valence-electron chi connectivity index (χ3n) is 4.82. The van der Waals surface area contributed by atoms with Gasteiger partial charge in [0.25, 0.3) is 0 Å². The predicted octanol–water partition coefficient (Wildman–Crippen LogP) is 3.03. The van der Waals surface area contributed by atoms with Gasteiger partial charge in [-0.05, 0) is 34.4 Å². The maximum Gasteiger partial charge on any atom is 0.357 e. The number of esters is 1. The number of carbonyl (C=O) groups is 2. The number of carboxylic acids is 1. The number of carboxylic acid groups (broad SMARTS) is 1. The van der Waals surface area contributed by atoms with E-state index in [1.807, 2.05) is 36.4 Å². The summed E-state index contributed by atoms with van der Waals surface area (Å²) in [5.41, 5.74) is 6.54. The van der Waals surface area contributed by atoms with Crippen LogP contribution in [0.2, 0.25) is 0 Å². The van der Waals surface area contributed by atoms with Crippen molar-refractivity contribution < 1.29 is 19.4 Å². The molecule has 0 fully saturated rings. The SMILES string of the molecule is NNc1nc(C(=O)OCC2c3ccccc3-c3ccccc32)ccc1C(=O)O. The van der Waals surface area contributed by atoms with Gasteiger partial charge in [-0.1, -0.05) is 48.5 Å². The smallest absolute Gasteiger partial charge is 0.357 e. The summed E-state index contributed by atoms with van der Waals surface area (Å²) in [5, 5.41) is 9.11. The first kappa shape index (κ1) is 17.7. The third-order valence-corrected chi connectivity index (χ3v) is 4.82. The Balaban J connectivity index is 1.57. The summed E-state index contributed by atoms with van der Waals surface area (Å²) in [7, 11) is 0. The molecule has 28 heavy (non-hydrogen) atoms. The lowest BCUT2D eigenvalue weighted by molar-refractivity contribution is 0.0485. The van der Waals surface area contributed by atoms with E-state index in [9.17, 15) is 9.59 Å². The van der Waals surface area contributed by atoms with Crippen molar-refractivity contribution in [2.45, 2.75) is 5.92 Å². The molecular weight excluding hydrogens is 358 g/mol. The van der Waals surface area contributed by atoms with E-state index in [0.29, 0.717) is 0 Å². The standard InChI is InChI=1S/C21H17N3O4/c22-24-19-16(20(25)26)9-10-18(23-19)21(27)28-11-17-14-7-3-1-5-12(14)13-6-2-4-8-15(13)17/h1-10,17H,11,22H2,(H,23,24)(H,25,26). The van der Waals surface area contributed by atoms with Crippen LogP contribution in [0.4, 0.5) is 5.82 Å². The van der Waals surface area contributed by atoms with Gasteiger partial charge in [0.15, 0.2) is 11.5 Å². The predicted molar refractivity (Wildman–Crippen MR) is 103 cm³/mol. The Kier molecular flexibility index (Phi) is 4.50. The van der Waals surface area contributed by atoms with Gasteiger partial charge in [-0.25, -0.2) is 20.4 Å². The van der Waals surface area contributed by atoms with Gasteiger partial charge < -0.3 is 15.3 Å². The molecule has 0 saturated carbocycles. The highest BCUT2D eigenvalue weighted by Crippen LogP contribution is 2.44. The van der Waals surface area contributed by atoms with Gasteiger partial charge >= 0.3 is 11.9 Å². The van der Waals surface area contributed by atoms with Gasteiger partial charge in [-0.15, -0.1) is 0 Å². The second-order valence-corrected chi connectivity index (χ2v) is 6.37. The molecule has 1 aliphatic carbocycles. The number of nitrogens with zero attached hydrogens (tertiary/aromatic N) is 1. The Hall–Kier alpha value is -3.71. The van der Waals surface area contributed by atoms with E-state index in [2.05, 4.69) is 22.5 Å². The van der Waals surface area contributed by atoms with Crippen molar-refractivity contribution in [3.8, 4) is 11.1 Å². The van der Waals surface area contributed by atoms with Crippen molar-refractivity contribution in [1.82, 2.24) is 4.98 Å². The average molecular weight is 375 g/mol. The summed E-state index contributed by atoms with van der Waals surface area (Å²) in [4.78, 5) is 27.6. The Labute approximate surface area is 160 Å². The molecule has 7 nitrogen and oxygen atoms in total. The fourth-order valence-electron chi connectivity index (χ4n) is 3.53. The number of benzene rings is 2. The van der Waals surface area contributed by atoms with Crippen LogP contribution in [0.15, 0.2) is 60.7 Å². The van der Waals surface area contributed by atoms with Crippen LogP contribution < -0.4 is 11.3 Å². The number of nitrogens with one attached hydrogen (secondary N) is 1. The molecule has 0 unspecified atom stereocenters. The minimum Gasteiger partial charge on any atom is -0.478 e. The zero-order valence-corrected chi connectivity index (χ0v) is 14.8. The second-order valence-electron chi connectivity index (χ2n) is 6.37. The Morgan fingerprint density at radius 1 is 1.00 bits per heavy atom. The summed E-state index contributed by atoms with van der Waals surface area (Å²) in [6.45, 7) is 0.153. The highest BCUT2D eigenvalue weighted by molar-refractivity contribution is 5.95. The molecule has 2 aromatic carbocycles. The molecule has 0 aliphatic heterocycles. The lowest BCUT2D eigenvalue weighted by Crippen LogP contribution is -2.18. The van der Waals surface area contributed by atoms with E-state index in [4.69, 9.17) is 15.7 Å². The van der Waals surface area contributed by atoms with Crippen molar-refractivity contribution in [3.05, 3.63) is 83.0 Å². The van der Waals surface area contributed by atoms with Crippen LogP contribution >= 0.6 is 0 Å². The quantitative estimate of drug-likeness (QED) is 0.357. The van der Waals surface area contributed by atoms with Crippen molar-refractivity contribution in [2.75, 3.05) is 12.0 Å². The summed E-state index contributed by atoms with van der Waals surface area (Å²) in [6, 6.07) is 18.6. The molecule has 3 aromatic rings.